The van der Waals surface area contributed by atoms with Gasteiger partial charge in [-0.3, -0.25) is 14.9 Å². The van der Waals surface area contributed by atoms with Crippen LogP contribution in [-0.2, 0) is 0 Å². The SMILES string of the molecule is O=C(c1cccc(Cl)c1)N1CCN(c2ccc([N+](=O)[O-])cn2)CC1. The van der Waals surface area contributed by atoms with Gasteiger partial charge in [-0.2, -0.15) is 0 Å². The summed E-state index contributed by atoms with van der Waals surface area (Å²) in [5.41, 5.74) is 0.540. The average Bonchev–Trinajstić information content (AvgIpc) is 2.61. The van der Waals surface area contributed by atoms with Crippen LogP contribution in [0.5, 0.6) is 0 Å². The van der Waals surface area contributed by atoms with Crippen LogP contribution in [0.15, 0.2) is 42.6 Å². The van der Waals surface area contributed by atoms with Crippen molar-refractivity contribution in [2.75, 3.05) is 31.1 Å². The van der Waals surface area contributed by atoms with Crippen molar-refractivity contribution in [1.82, 2.24) is 9.88 Å². The number of pyridine rings is 1. The minimum Gasteiger partial charge on any atom is -0.353 e. The Balaban J connectivity index is 1.63. The molecule has 0 N–H and O–H groups in total. The summed E-state index contributed by atoms with van der Waals surface area (Å²) in [5, 5.41) is 11.2. The second kappa shape index (κ2) is 6.84. The molecule has 3 rings (SSSR count). The molecule has 1 aromatic carbocycles. The third-order valence-corrected chi connectivity index (χ3v) is 4.14. The van der Waals surface area contributed by atoms with E-state index in [1.807, 2.05) is 4.90 Å². The lowest BCUT2D eigenvalue weighted by Gasteiger charge is -2.35. The Labute approximate surface area is 143 Å². The number of piperazine rings is 1. The van der Waals surface area contributed by atoms with E-state index >= 15 is 0 Å². The van der Waals surface area contributed by atoms with E-state index in [1.54, 1.807) is 35.2 Å². The molecule has 1 aliphatic rings. The van der Waals surface area contributed by atoms with Crippen LogP contribution in [0.3, 0.4) is 0 Å². The lowest BCUT2D eigenvalue weighted by molar-refractivity contribution is -0.385. The molecule has 0 saturated carbocycles. The van der Waals surface area contributed by atoms with E-state index in [1.165, 1.54) is 12.3 Å². The highest BCUT2D eigenvalue weighted by molar-refractivity contribution is 6.30. The Morgan fingerprint density at radius 3 is 2.50 bits per heavy atom. The van der Waals surface area contributed by atoms with Crippen LogP contribution in [0.25, 0.3) is 0 Å². The van der Waals surface area contributed by atoms with Gasteiger partial charge in [0.2, 0.25) is 0 Å². The first-order valence-corrected chi connectivity index (χ1v) is 7.82. The molecule has 1 amide bonds. The van der Waals surface area contributed by atoms with Crippen LogP contribution in [0.2, 0.25) is 5.02 Å². The van der Waals surface area contributed by atoms with Crippen LogP contribution in [-0.4, -0.2) is 46.9 Å². The standard InChI is InChI=1S/C16H15ClN4O3/c17-13-3-1-2-12(10-13)16(22)20-8-6-19(7-9-20)15-5-4-14(11-18-15)21(23)24/h1-5,10-11H,6-9H2. The fourth-order valence-corrected chi connectivity index (χ4v) is 2.81. The van der Waals surface area contributed by atoms with Crippen molar-refractivity contribution in [1.29, 1.82) is 0 Å². The first kappa shape index (κ1) is 16.2. The molecule has 1 aromatic heterocycles. The van der Waals surface area contributed by atoms with Gasteiger partial charge >= 0.3 is 0 Å². The summed E-state index contributed by atoms with van der Waals surface area (Å²) in [5.74, 6) is 0.629. The van der Waals surface area contributed by atoms with Gasteiger partial charge in [0.25, 0.3) is 11.6 Å². The molecule has 8 heteroatoms. The predicted octanol–water partition coefficient (Wildman–Crippen LogP) is 2.61. The van der Waals surface area contributed by atoms with Crippen molar-refractivity contribution in [3.05, 3.63) is 63.3 Å². The molecule has 7 nitrogen and oxygen atoms in total. The van der Waals surface area contributed by atoms with Gasteiger partial charge in [-0.1, -0.05) is 17.7 Å². The van der Waals surface area contributed by atoms with Crippen LogP contribution in [0, 0.1) is 10.1 Å². The first-order valence-electron chi connectivity index (χ1n) is 7.45. The van der Waals surface area contributed by atoms with Gasteiger partial charge in [-0.25, -0.2) is 4.98 Å². The molecule has 0 unspecified atom stereocenters. The molecule has 124 valence electrons. The zero-order valence-electron chi connectivity index (χ0n) is 12.8. The third kappa shape index (κ3) is 3.46. The Bertz CT molecular complexity index is 758. The van der Waals surface area contributed by atoms with Crippen molar-refractivity contribution < 1.29 is 9.72 Å². The van der Waals surface area contributed by atoms with E-state index in [4.69, 9.17) is 11.6 Å². The summed E-state index contributed by atoms with van der Waals surface area (Å²) in [4.78, 5) is 30.6. The smallest absolute Gasteiger partial charge is 0.287 e. The third-order valence-electron chi connectivity index (χ3n) is 3.91. The number of anilines is 1. The van der Waals surface area contributed by atoms with Gasteiger partial charge in [0.15, 0.2) is 0 Å². The lowest BCUT2D eigenvalue weighted by Crippen LogP contribution is -2.49. The monoisotopic (exact) mass is 346 g/mol. The molecular formula is C16H15ClN4O3. The number of amides is 1. The minimum absolute atomic E-state index is 0.0338. The number of rotatable bonds is 3. The maximum absolute atomic E-state index is 12.5. The van der Waals surface area contributed by atoms with Gasteiger partial charge < -0.3 is 9.80 Å². The number of benzene rings is 1. The zero-order valence-corrected chi connectivity index (χ0v) is 13.5. The van der Waals surface area contributed by atoms with E-state index in [0.717, 1.165) is 0 Å². The van der Waals surface area contributed by atoms with Gasteiger partial charge in [-0.05, 0) is 24.3 Å². The van der Waals surface area contributed by atoms with Crippen molar-refractivity contribution in [2.45, 2.75) is 0 Å². The Hall–Kier alpha value is -2.67. The molecule has 0 radical (unpaired) electrons. The number of hydrogen-bond acceptors (Lipinski definition) is 5. The molecule has 1 fully saturated rings. The molecule has 0 bridgehead atoms. The van der Waals surface area contributed by atoms with Gasteiger partial charge in [-0.15, -0.1) is 0 Å². The minimum atomic E-state index is -0.474. The summed E-state index contributed by atoms with van der Waals surface area (Å²) in [7, 11) is 0. The van der Waals surface area contributed by atoms with E-state index in [-0.39, 0.29) is 11.6 Å². The van der Waals surface area contributed by atoms with E-state index in [9.17, 15) is 14.9 Å². The number of nitro groups is 1. The maximum atomic E-state index is 12.5. The lowest BCUT2D eigenvalue weighted by atomic mass is 10.2. The number of carbonyl (C=O) groups is 1. The van der Waals surface area contributed by atoms with Crippen LogP contribution >= 0.6 is 11.6 Å². The predicted molar refractivity (Wildman–Crippen MR) is 90.5 cm³/mol. The molecule has 1 aliphatic heterocycles. The van der Waals surface area contributed by atoms with Gasteiger partial charge in [0.05, 0.1) is 4.92 Å². The summed E-state index contributed by atoms with van der Waals surface area (Å²) in [6, 6.07) is 9.97. The summed E-state index contributed by atoms with van der Waals surface area (Å²) < 4.78 is 0. The first-order chi connectivity index (χ1) is 11.5. The van der Waals surface area contributed by atoms with E-state index < -0.39 is 4.92 Å². The number of hydrogen-bond donors (Lipinski definition) is 0. The molecule has 24 heavy (non-hydrogen) atoms. The van der Waals surface area contributed by atoms with Crippen molar-refractivity contribution in [3.8, 4) is 0 Å². The van der Waals surface area contributed by atoms with Gasteiger partial charge in [0, 0.05) is 42.8 Å². The zero-order chi connectivity index (χ0) is 17.1. The normalized spacial score (nSPS) is 14.5. The number of nitrogens with zero attached hydrogens (tertiary/aromatic N) is 4. The van der Waals surface area contributed by atoms with E-state index in [0.29, 0.717) is 42.6 Å². The van der Waals surface area contributed by atoms with Gasteiger partial charge in [0.1, 0.15) is 12.0 Å². The van der Waals surface area contributed by atoms with E-state index in [2.05, 4.69) is 4.98 Å². The van der Waals surface area contributed by atoms with Crippen LogP contribution in [0.4, 0.5) is 11.5 Å². The Morgan fingerprint density at radius 1 is 1.17 bits per heavy atom. The largest absolute Gasteiger partial charge is 0.353 e. The summed E-state index contributed by atoms with van der Waals surface area (Å²) in [6.07, 6.45) is 1.25. The topological polar surface area (TPSA) is 79.6 Å². The molecule has 0 aliphatic carbocycles. The highest BCUT2D eigenvalue weighted by Crippen LogP contribution is 2.19. The molecule has 2 heterocycles. The summed E-state index contributed by atoms with van der Waals surface area (Å²) in [6.45, 7) is 2.36. The molecule has 0 atom stereocenters. The number of carbonyl (C=O) groups excluding carboxylic acids is 1. The molecule has 2 aromatic rings. The van der Waals surface area contributed by atoms with Crippen LogP contribution in [0.1, 0.15) is 10.4 Å². The van der Waals surface area contributed by atoms with Crippen LogP contribution < -0.4 is 4.90 Å². The van der Waals surface area contributed by atoms with Crippen molar-refractivity contribution in [3.63, 3.8) is 0 Å². The molecule has 0 spiro atoms. The highest BCUT2D eigenvalue weighted by Gasteiger charge is 2.23. The second-order valence-electron chi connectivity index (χ2n) is 5.42. The number of halogens is 1. The fraction of sp³-hybridized carbons (Fsp3) is 0.250. The maximum Gasteiger partial charge on any atom is 0.287 e. The fourth-order valence-electron chi connectivity index (χ4n) is 2.62. The van der Waals surface area contributed by atoms with Crippen molar-refractivity contribution in [2.24, 2.45) is 0 Å². The molecular weight excluding hydrogens is 332 g/mol. The molecule has 1 saturated heterocycles. The average molecular weight is 347 g/mol. The highest BCUT2D eigenvalue weighted by atomic mass is 35.5. The Kier molecular flexibility index (Phi) is 4.61. The van der Waals surface area contributed by atoms with Crippen molar-refractivity contribution >= 4 is 29.0 Å². The Morgan fingerprint density at radius 2 is 1.92 bits per heavy atom. The summed E-state index contributed by atoms with van der Waals surface area (Å²) >= 11 is 5.93. The number of aromatic nitrogens is 1. The quantitative estimate of drug-likeness (QED) is 0.630. The second-order valence-corrected chi connectivity index (χ2v) is 5.86.